The van der Waals surface area contributed by atoms with Crippen LogP contribution in [-0.4, -0.2) is 77.6 Å². The van der Waals surface area contributed by atoms with Gasteiger partial charge in [-0.1, -0.05) is 0 Å². The molecule has 0 rings (SSSR count). The molecule has 0 radical (unpaired) electrons. The van der Waals surface area contributed by atoms with Gasteiger partial charge in [0, 0.05) is 12.3 Å². The van der Waals surface area contributed by atoms with E-state index < -0.39 is 54.1 Å². The van der Waals surface area contributed by atoms with Gasteiger partial charge >= 0.3 is 5.97 Å². The number of amides is 4. The number of nitrogens with zero attached hydrogens (tertiary/aromatic N) is 1. The third kappa shape index (κ3) is 11.1. The lowest BCUT2D eigenvalue weighted by Gasteiger charge is -2.23. The van der Waals surface area contributed by atoms with Gasteiger partial charge in [-0.2, -0.15) is 12.6 Å². The number of primary amides is 1. The van der Waals surface area contributed by atoms with Gasteiger partial charge in [0.15, 0.2) is 5.96 Å². The lowest BCUT2D eigenvalue weighted by atomic mass is 10.1. The van der Waals surface area contributed by atoms with Crippen molar-refractivity contribution < 1.29 is 29.1 Å². The van der Waals surface area contributed by atoms with Crippen molar-refractivity contribution >= 4 is 48.2 Å². The number of hydrogen-bond acceptors (Lipinski definition) is 8. The van der Waals surface area contributed by atoms with E-state index in [2.05, 4.69) is 33.6 Å². The standard InChI is InChI=1S/C15H28N8O6S/c16-5-11(25)21-7(2-1-3-20-15(18)19)12(26)22-8(4-10(17)24)13(27)23-9(6-30)14(28)29/h7-9,30H,1-6,16H2,(H2,17,24)(H,21,25)(H,22,26)(H,23,27)(H,28,29)(H4,18,19,20). The van der Waals surface area contributed by atoms with Crippen LogP contribution in [0, 0.1) is 0 Å². The first kappa shape index (κ1) is 26.9. The van der Waals surface area contributed by atoms with E-state index in [0.717, 1.165) is 0 Å². The van der Waals surface area contributed by atoms with Crippen molar-refractivity contribution in [1.82, 2.24) is 16.0 Å². The predicted molar refractivity (Wildman–Crippen MR) is 110 cm³/mol. The molecule has 0 spiro atoms. The van der Waals surface area contributed by atoms with Gasteiger partial charge < -0.3 is 44.0 Å². The van der Waals surface area contributed by atoms with Crippen LogP contribution >= 0.6 is 12.6 Å². The highest BCUT2D eigenvalue weighted by atomic mass is 32.1. The molecule has 0 aromatic heterocycles. The highest BCUT2D eigenvalue weighted by Crippen LogP contribution is 2.02. The monoisotopic (exact) mass is 448 g/mol. The van der Waals surface area contributed by atoms with E-state index >= 15 is 0 Å². The molecule has 3 unspecified atom stereocenters. The van der Waals surface area contributed by atoms with Crippen LogP contribution in [0.3, 0.4) is 0 Å². The summed E-state index contributed by atoms with van der Waals surface area (Å²) >= 11 is 3.82. The molecule has 15 heteroatoms. The summed E-state index contributed by atoms with van der Waals surface area (Å²) in [5.74, 6) is -5.02. The molecule has 0 heterocycles. The van der Waals surface area contributed by atoms with Crippen molar-refractivity contribution in [2.45, 2.75) is 37.4 Å². The fourth-order valence-corrected chi connectivity index (χ4v) is 2.41. The number of rotatable bonds is 14. The molecule has 0 aliphatic carbocycles. The second-order valence-corrected chi connectivity index (χ2v) is 6.45. The molecule has 14 nitrogen and oxygen atoms in total. The van der Waals surface area contributed by atoms with Crippen LogP contribution in [-0.2, 0) is 24.0 Å². The number of thiol groups is 1. The first-order valence-corrected chi connectivity index (χ1v) is 9.42. The normalized spacial score (nSPS) is 13.3. The van der Waals surface area contributed by atoms with Gasteiger partial charge in [-0.3, -0.25) is 24.2 Å². The number of carboxylic acid groups (broad SMARTS) is 1. The molecule has 0 aliphatic heterocycles. The quantitative estimate of drug-likeness (QED) is 0.0534. The van der Waals surface area contributed by atoms with Crippen molar-refractivity contribution in [3.63, 3.8) is 0 Å². The molecule has 0 aromatic rings. The molecule has 0 saturated heterocycles. The van der Waals surface area contributed by atoms with Crippen molar-refractivity contribution in [3.05, 3.63) is 0 Å². The van der Waals surface area contributed by atoms with Gasteiger partial charge in [-0.15, -0.1) is 0 Å². The number of carboxylic acids is 1. The zero-order chi connectivity index (χ0) is 23.3. The molecule has 0 fully saturated rings. The largest absolute Gasteiger partial charge is 0.480 e. The highest BCUT2D eigenvalue weighted by molar-refractivity contribution is 7.80. The molecule has 30 heavy (non-hydrogen) atoms. The third-order valence-corrected chi connectivity index (χ3v) is 3.98. The first-order chi connectivity index (χ1) is 14.0. The summed E-state index contributed by atoms with van der Waals surface area (Å²) in [6.07, 6.45) is -0.204. The van der Waals surface area contributed by atoms with E-state index in [-0.39, 0.29) is 31.2 Å². The minimum atomic E-state index is -1.47. The van der Waals surface area contributed by atoms with E-state index in [1.165, 1.54) is 0 Å². The molecule has 4 amide bonds. The summed E-state index contributed by atoms with van der Waals surface area (Å²) in [5, 5.41) is 15.8. The number of nitrogens with one attached hydrogen (secondary N) is 3. The maximum absolute atomic E-state index is 12.6. The smallest absolute Gasteiger partial charge is 0.327 e. The molecule has 170 valence electrons. The summed E-state index contributed by atoms with van der Waals surface area (Å²) in [6.45, 7) is -0.205. The Kier molecular flexibility index (Phi) is 12.6. The van der Waals surface area contributed by atoms with Crippen molar-refractivity contribution in [2.24, 2.45) is 27.9 Å². The Bertz CT molecular complexity index is 670. The zero-order valence-electron chi connectivity index (χ0n) is 16.2. The highest BCUT2D eigenvalue weighted by Gasteiger charge is 2.30. The van der Waals surface area contributed by atoms with Crippen molar-refractivity contribution in [2.75, 3.05) is 18.8 Å². The maximum atomic E-state index is 12.6. The molecule has 0 bridgehead atoms. The fourth-order valence-electron chi connectivity index (χ4n) is 2.17. The van der Waals surface area contributed by atoms with Crippen LogP contribution in [0.25, 0.3) is 0 Å². The number of carbonyl (C=O) groups is 5. The van der Waals surface area contributed by atoms with Crippen LogP contribution in [0.15, 0.2) is 4.99 Å². The lowest BCUT2D eigenvalue weighted by Crippen LogP contribution is -2.57. The van der Waals surface area contributed by atoms with Gasteiger partial charge in [-0.25, -0.2) is 4.79 Å². The van der Waals surface area contributed by atoms with Crippen LogP contribution in [0.5, 0.6) is 0 Å². The molecular formula is C15H28N8O6S. The Morgan fingerprint density at radius 1 is 0.933 bits per heavy atom. The Morgan fingerprint density at radius 2 is 1.50 bits per heavy atom. The van der Waals surface area contributed by atoms with Gasteiger partial charge in [0.25, 0.3) is 0 Å². The molecule has 0 aromatic carbocycles. The van der Waals surface area contributed by atoms with Gasteiger partial charge in [0.05, 0.1) is 13.0 Å². The van der Waals surface area contributed by atoms with E-state index in [0.29, 0.717) is 6.42 Å². The minimum Gasteiger partial charge on any atom is -0.480 e. The van der Waals surface area contributed by atoms with Gasteiger partial charge in [0.2, 0.25) is 23.6 Å². The Morgan fingerprint density at radius 3 is 1.97 bits per heavy atom. The van der Waals surface area contributed by atoms with Gasteiger partial charge in [-0.05, 0) is 12.8 Å². The number of guanidine groups is 1. The number of aliphatic carboxylic acids is 1. The van der Waals surface area contributed by atoms with Crippen LogP contribution in [0.2, 0.25) is 0 Å². The third-order valence-electron chi connectivity index (χ3n) is 3.62. The molecular weight excluding hydrogens is 420 g/mol. The lowest BCUT2D eigenvalue weighted by molar-refractivity contribution is -0.141. The average Bonchev–Trinajstić information content (AvgIpc) is 2.66. The van der Waals surface area contributed by atoms with E-state index in [1.54, 1.807) is 0 Å². The molecule has 3 atom stereocenters. The molecule has 12 N–H and O–H groups in total. The van der Waals surface area contributed by atoms with E-state index in [1.807, 2.05) is 0 Å². The average molecular weight is 449 g/mol. The predicted octanol–water partition coefficient (Wildman–Crippen LogP) is -4.66. The number of hydrogen-bond donors (Lipinski definition) is 9. The maximum Gasteiger partial charge on any atom is 0.327 e. The number of nitrogens with two attached hydrogens (primary N) is 4. The summed E-state index contributed by atoms with van der Waals surface area (Å²) in [4.78, 5) is 62.7. The summed E-state index contributed by atoms with van der Waals surface area (Å²) in [7, 11) is 0. The van der Waals surface area contributed by atoms with Crippen LogP contribution < -0.4 is 38.9 Å². The van der Waals surface area contributed by atoms with Crippen LogP contribution in [0.1, 0.15) is 19.3 Å². The minimum absolute atomic E-state index is 0.0909. The second-order valence-electron chi connectivity index (χ2n) is 6.09. The van der Waals surface area contributed by atoms with Crippen molar-refractivity contribution in [3.8, 4) is 0 Å². The van der Waals surface area contributed by atoms with Crippen molar-refractivity contribution in [1.29, 1.82) is 0 Å². The Balaban J connectivity index is 5.30. The summed E-state index contributed by atoms with van der Waals surface area (Å²) in [5.41, 5.74) is 20.8. The SMILES string of the molecule is NCC(=O)NC(CCCN=C(N)N)C(=O)NC(CC(N)=O)C(=O)NC(CS)C(=O)O. The first-order valence-electron chi connectivity index (χ1n) is 8.79. The summed E-state index contributed by atoms with van der Waals surface area (Å²) < 4.78 is 0. The second kappa shape index (κ2) is 14.0. The number of carbonyl (C=O) groups excluding carboxylic acids is 4. The van der Waals surface area contributed by atoms with E-state index in [4.69, 9.17) is 28.0 Å². The Labute approximate surface area is 178 Å². The van der Waals surface area contributed by atoms with Crippen LogP contribution in [0.4, 0.5) is 0 Å². The molecule has 0 aliphatic rings. The number of aliphatic imine (C=N–C) groups is 1. The summed E-state index contributed by atoms with van der Waals surface area (Å²) in [6, 6.07) is -3.93. The molecule has 0 saturated carbocycles. The van der Waals surface area contributed by atoms with E-state index in [9.17, 15) is 24.0 Å². The van der Waals surface area contributed by atoms with Gasteiger partial charge in [0.1, 0.15) is 18.1 Å². The topological polar surface area (TPSA) is 258 Å². The zero-order valence-corrected chi connectivity index (χ0v) is 17.1. The fraction of sp³-hybridized carbons (Fsp3) is 0.600. The Hall–Kier alpha value is -3.07.